The summed E-state index contributed by atoms with van der Waals surface area (Å²) in [6.45, 7) is 8.02. The smallest absolute Gasteiger partial charge is 0.226 e. The van der Waals surface area contributed by atoms with E-state index in [-0.39, 0.29) is 24.4 Å². The molecular weight excluding hydrogens is 312 g/mol. The number of carbonyl (C=O) groups excluding carboxylic acids is 1. The Balaban J connectivity index is 0.00000264. The Labute approximate surface area is 145 Å². The number of carbonyl (C=O) groups is 1. The molecule has 1 saturated heterocycles. The highest BCUT2D eigenvalue weighted by molar-refractivity contribution is 5.85. The maximum atomic E-state index is 12.4. The standard InChI is InChI=1S/C18H28N2O2.ClH/c1-13-10-14(2)15(3)17(11-13)22-9-7-18(21)20-8-5-4-6-16(20)12-19;/h10-11,16H,4-9,12,19H2,1-3H3;1H. The number of likely N-dealkylation sites (tertiary alicyclic amines) is 1. The summed E-state index contributed by atoms with van der Waals surface area (Å²) in [6, 6.07) is 4.40. The maximum Gasteiger partial charge on any atom is 0.226 e. The van der Waals surface area contributed by atoms with Crippen molar-refractivity contribution in [2.45, 2.75) is 52.5 Å². The average molecular weight is 341 g/mol. The minimum atomic E-state index is 0. The molecule has 1 amide bonds. The van der Waals surface area contributed by atoms with Crippen LogP contribution in [0.4, 0.5) is 0 Å². The third-order valence-corrected chi connectivity index (χ3v) is 4.56. The van der Waals surface area contributed by atoms with Crippen molar-refractivity contribution in [2.75, 3.05) is 19.7 Å². The fourth-order valence-corrected chi connectivity index (χ4v) is 3.12. The molecule has 1 aliphatic heterocycles. The van der Waals surface area contributed by atoms with Gasteiger partial charge in [-0.05, 0) is 62.8 Å². The Kier molecular flexibility index (Phi) is 7.86. The van der Waals surface area contributed by atoms with Gasteiger partial charge >= 0.3 is 0 Å². The van der Waals surface area contributed by atoms with Gasteiger partial charge in [0.05, 0.1) is 13.0 Å². The summed E-state index contributed by atoms with van der Waals surface area (Å²) >= 11 is 0. The molecule has 23 heavy (non-hydrogen) atoms. The zero-order chi connectivity index (χ0) is 16.1. The van der Waals surface area contributed by atoms with E-state index >= 15 is 0 Å². The topological polar surface area (TPSA) is 55.6 Å². The van der Waals surface area contributed by atoms with Crippen LogP contribution in [0.25, 0.3) is 0 Å². The predicted molar refractivity (Wildman–Crippen MR) is 96.4 cm³/mol. The molecular formula is C18H29ClN2O2. The lowest BCUT2D eigenvalue weighted by Gasteiger charge is -2.35. The molecule has 1 atom stereocenters. The lowest BCUT2D eigenvalue weighted by Crippen LogP contribution is -2.47. The van der Waals surface area contributed by atoms with Gasteiger partial charge in [0.25, 0.3) is 0 Å². The summed E-state index contributed by atoms with van der Waals surface area (Å²) in [5, 5.41) is 0. The molecule has 1 aromatic carbocycles. The minimum absolute atomic E-state index is 0. The second-order valence-electron chi connectivity index (χ2n) is 6.28. The van der Waals surface area contributed by atoms with Crippen LogP contribution in [0.5, 0.6) is 5.75 Å². The van der Waals surface area contributed by atoms with Crippen LogP contribution in [0, 0.1) is 20.8 Å². The van der Waals surface area contributed by atoms with E-state index in [4.69, 9.17) is 10.5 Å². The Morgan fingerprint density at radius 2 is 2.04 bits per heavy atom. The first-order valence-electron chi connectivity index (χ1n) is 8.23. The van der Waals surface area contributed by atoms with Crippen LogP contribution in [-0.2, 0) is 4.79 Å². The summed E-state index contributed by atoms with van der Waals surface area (Å²) in [5.74, 6) is 1.05. The molecule has 5 heteroatoms. The second-order valence-corrected chi connectivity index (χ2v) is 6.28. The van der Waals surface area contributed by atoms with Gasteiger partial charge < -0.3 is 15.4 Å². The van der Waals surface area contributed by atoms with Gasteiger partial charge in [0.1, 0.15) is 5.75 Å². The number of benzene rings is 1. The second kappa shape index (κ2) is 9.14. The van der Waals surface area contributed by atoms with E-state index in [2.05, 4.69) is 26.8 Å². The first-order chi connectivity index (χ1) is 10.5. The summed E-state index contributed by atoms with van der Waals surface area (Å²) < 4.78 is 5.85. The Hall–Kier alpha value is -1.26. The Bertz CT molecular complexity index is 534. The van der Waals surface area contributed by atoms with Crippen LogP contribution in [-0.4, -0.2) is 36.5 Å². The van der Waals surface area contributed by atoms with Crippen LogP contribution >= 0.6 is 12.4 Å². The van der Waals surface area contributed by atoms with Gasteiger partial charge in [-0.1, -0.05) is 6.07 Å². The molecule has 1 heterocycles. The number of halogens is 1. The summed E-state index contributed by atoms with van der Waals surface area (Å²) in [7, 11) is 0. The SMILES string of the molecule is Cc1cc(C)c(C)c(OCCC(=O)N2CCCCC2CN)c1.Cl. The first kappa shape index (κ1) is 19.8. The number of piperidine rings is 1. The van der Waals surface area contributed by atoms with E-state index in [1.165, 1.54) is 17.5 Å². The largest absolute Gasteiger partial charge is 0.493 e. The van der Waals surface area contributed by atoms with Crippen molar-refractivity contribution >= 4 is 18.3 Å². The zero-order valence-corrected chi connectivity index (χ0v) is 15.2. The predicted octanol–water partition coefficient (Wildman–Crippen LogP) is 3.14. The third kappa shape index (κ3) is 5.11. The molecule has 1 aliphatic rings. The van der Waals surface area contributed by atoms with Crippen molar-refractivity contribution < 1.29 is 9.53 Å². The van der Waals surface area contributed by atoms with Gasteiger partial charge in [-0.2, -0.15) is 0 Å². The lowest BCUT2D eigenvalue weighted by molar-refractivity contribution is -0.135. The number of ether oxygens (including phenoxy) is 1. The van der Waals surface area contributed by atoms with Crippen LogP contribution in [0.1, 0.15) is 42.4 Å². The number of nitrogens with two attached hydrogens (primary N) is 1. The molecule has 0 bridgehead atoms. The van der Waals surface area contributed by atoms with Gasteiger partial charge in [0.15, 0.2) is 0 Å². The van der Waals surface area contributed by atoms with Crippen molar-refractivity contribution in [3.63, 3.8) is 0 Å². The van der Waals surface area contributed by atoms with Crippen LogP contribution in [0.3, 0.4) is 0 Å². The molecule has 1 aromatic rings. The summed E-state index contributed by atoms with van der Waals surface area (Å²) in [5.41, 5.74) is 9.33. The van der Waals surface area contributed by atoms with Crippen molar-refractivity contribution in [2.24, 2.45) is 5.73 Å². The normalized spacial score (nSPS) is 17.6. The van der Waals surface area contributed by atoms with Gasteiger partial charge in [0.2, 0.25) is 5.91 Å². The minimum Gasteiger partial charge on any atom is -0.493 e. The molecule has 130 valence electrons. The highest BCUT2D eigenvalue weighted by Gasteiger charge is 2.25. The molecule has 0 saturated carbocycles. The van der Waals surface area contributed by atoms with Crippen molar-refractivity contribution in [1.82, 2.24) is 4.90 Å². The molecule has 1 fully saturated rings. The van der Waals surface area contributed by atoms with Gasteiger partial charge in [-0.25, -0.2) is 0 Å². The fourth-order valence-electron chi connectivity index (χ4n) is 3.12. The van der Waals surface area contributed by atoms with Crippen molar-refractivity contribution in [3.05, 3.63) is 28.8 Å². The monoisotopic (exact) mass is 340 g/mol. The van der Waals surface area contributed by atoms with Crippen molar-refractivity contribution in [3.8, 4) is 5.75 Å². The number of rotatable bonds is 5. The molecule has 0 spiro atoms. The molecule has 4 nitrogen and oxygen atoms in total. The molecule has 0 aromatic heterocycles. The zero-order valence-electron chi connectivity index (χ0n) is 14.4. The van der Waals surface area contributed by atoms with E-state index in [1.54, 1.807) is 0 Å². The van der Waals surface area contributed by atoms with Gasteiger partial charge in [0, 0.05) is 19.1 Å². The van der Waals surface area contributed by atoms with Gasteiger partial charge in [-0.3, -0.25) is 4.79 Å². The highest BCUT2D eigenvalue weighted by Crippen LogP contribution is 2.23. The summed E-state index contributed by atoms with van der Waals surface area (Å²) in [4.78, 5) is 14.3. The maximum absolute atomic E-state index is 12.4. The van der Waals surface area contributed by atoms with Gasteiger partial charge in [-0.15, -0.1) is 12.4 Å². The molecule has 0 aliphatic carbocycles. The number of aryl methyl sites for hydroxylation is 2. The fraction of sp³-hybridized carbons (Fsp3) is 0.611. The molecule has 1 unspecified atom stereocenters. The lowest BCUT2D eigenvalue weighted by atomic mass is 10.0. The van der Waals surface area contributed by atoms with E-state index < -0.39 is 0 Å². The van der Waals surface area contributed by atoms with Crippen LogP contribution < -0.4 is 10.5 Å². The number of hydrogen-bond acceptors (Lipinski definition) is 3. The summed E-state index contributed by atoms with van der Waals surface area (Å²) in [6.07, 6.45) is 3.70. The van der Waals surface area contributed by atoms with Crippen LogP contribution in [0.2, 0.25) is 0 Å². The Morgan fingerprint density at radius 1 is 1.30 bits per heavy atom. The third-order valence-electron chi connectivity index (χ3n) is 4.56. The number of hydrogen-bond donors (Lipinski definition) is 1. The highest BCUT2D eigenvalue weighted by atomic mass is 35.5. The van der Waals surface area contributed by atoms with E-state index in [9.17, 15) is 4.79 Å². The average Bonchev–Trinajstić information content (AvgIpc) is 2.51. The Morgan fingerprint density at radius 3 is 2.74 bits per heavy atom. The molecule has 0 radical (unpaired) electrons. The van der Waals surface area contributed by atoms with E-state index in [1.807, 2.05) is 11.0 Å². The number of nitrogens with zero attached hydrogens (tertiary/aromatic N) is 1. The first-order valence-corrected chi connectivity index (χ1v) is 8.23. The molecule has 2 N–H and O–H groups in total. The van der Waals surface area contributed by atoms with Crippen LogP contribution in [0.15, 0.2) is 12.1 Å². The van der Waals surface area contributed by atoms with E-state index in [0.717, 1.165) is 30.7 Å². The number of amides is 1. The quantitative estimate of drug-likeness (QED) is 0.895. The van der Waals surface area contributed by atoms with Crippen molar-refractivity contribution in [1.29, 1.82) is 0 Å². The van der Waals surface area contributed by atoms with E-state index in [0.29, 0.717) is 19.6 Å². The molecule has 2 rings (SSSR count).